The molecule has 9 nitrogen and oxygen atoms in total. The van der Waals surface area contributed by atoms with Gasteiger partial charge in [-0.05, 0) is 62.9 Å². The van der Waals surface area contributed by atoms with Crippen molar-refractivity contribution in [1.82, 2.24) is 0 Å². The average Bonchev–Trinajstić information content (AvgIpc) is 3.31. The van der Waals surface area contributed by atoms with Gasteiger partial charge in [0.05, 0.1) is 36.8 Å². The van der Waals surface area contributed by atoms with Gasteiger partial charge in [0.15, 0.2) is 18.4 Å². The lowest BCUT2D eigenvalue weighted by molar-refractivity contribution is -0.265. The molecule has 4 aliphatic heterocycles. The third-order valence-corrected chi connectivity index (χ3v) is 10.0. The van der Waals surface area contributed by atoms with Gasteiger partial charge < -0.3 is 38.6 Å². The van der Waals surface area contributed by atoms with Crippen molar-refractivity contribution in [2.24, 2.45) is 23.2 Å². The first-order chi connectivity index (χ1) is 17.6. The molecule has 6 rings (SSSR count). The number of rotatable bonds is 3. The average molecular weight is 521 g/mol. The van der Waals surface area contributed by atoms with Gasteiger partial charge in [-0.1, -0.05) is 24.6 Å². The van der Waals surface area contributed by atoms with Gasteiger partial charge in [0.2, 0.25) is 0 Å². The van der Waals surface area contributed by atoms with Gasteiger partial charge in [-0.2, -0.15) is 0 Å². The molecule has 0 bridgehead atoms. The van der Waals surface area contributed by atoms with Crippen LogP contribution >= 0.6 is 0 Å². The largest absolute Gasteiger partial charge is 0.459 e. The summed E-state index contributed by atoms with van der Waals surface area (Å²) in [7, 11) is 1.60. The number of hydrogen-bond acceptors (Lipinski definition) is 9. The first kappa shape index (κ1) is 25.9. The zero-order valence-electron chi connectivity index (χ0n) is 22.1. The minimum Gasteiger partial charge on any atom is -0.459 e. The summed E-state index contributed by atoms with van der Waals surface area (Å²) in [5.74, 6) is -1.61. The van der Waals surface area contributed by atoms with E-state index in [1.807, 2.05) is 13.8 Å². The maximum atomic E-state index is 13.5. The van der Waals surface area contributed by atoms with Gasteiger partial charge in [-0.25, -0.2) is 0 Å². The summed E-state index contributed by atoms with van der Waals surface area (Å²) in [5, 5.41) is 20.9. The van der Waals surface area contributed by atoms with Crippen LogP contribution < -0.4 is 0 Å². The zero-order valence-corrected chi connectivity index (χ0v) is 22.1. The van der Waals surface area contributed by atoms with Crippen LogP contribution in [0, 0.1) is 23.2 Å². The summed E-state index contributed by atoms with van der Waals surface area (Å²) in [4.78, 5) is 13.5. The van der Waals surface area contributed by atoms with E-state index in [2.05, 4.69) is 19.1 Å². The van der Waals surface area contributed by atoms with Gasteiger partial charge in [0.25, 0.3) is 0 Å². The highest BCUT2D eigenvalue weighted by Crippen LogP contribution is 2.56. The molecule has 0 aromatic heterocycles. The molecule has 0 amide bonds. The summed E-state index contributed by atoms with van der Waals surface area (Å²) < 4.78 is 35.4. The van der Waals surface area contributed by atoms with E-state index in [0.29, 0.717) is 19.3 Å². The summed E-state index contributed by atoms with van der Waals surface area (Å²) >= 11 is 0. The number of methoxy groups -OCH3 is 1. The molecule has 12 atom stereocenters. The van der Waals surface area contributed by atoms with E-state index in [1.165, 1.54) is 5.57 Å². The summed E-state index contributed by atoms with van der Waals surface area (Å²) in [6.07, 6.45) is 5.39. The first-order valence-corrected chi connectivity index (χ1v) is 13.7. The van der Waals surface area contributed by atoms with Crippen LogP contribution in [0.25, 0.3) is 0 Å². The van der Waals surface area contributed by atoms with Crippen molar-refractivity contribution in [2.75, 3.05) is 13.7 Å². The Morgan fingerprint density at radius 2 is 1.97 bits per heavy atom. The number of fused-ring (bicyclic) bond motifs is 3. The van der Waals surface area contributed by atoms with Crippen LogP contribution in [0.15, 0.2) is 23.3 Å². The second kappa shape index (κ2) is 9.40. The molecule has 0 radical (unpaired) electrons. The highest BCUT2D eigenvalue weighted by Gasteiger charge is 2.60. The molecule has 1 saturated carbocycles. The summed E-state index contributed by atoms with van der Waals surface area (Å²) in [6.45, 7) is 6.19. The van der Waals surface area contributed by atoms with Crippen LogP contribution in [-0.4, -0.2) is 78.8 Å². The maximum Gasteiger partial charge on any atom is 0.309 e. The number of esters is 1. The molecule has 4 fully saturated rings. The Labute approximate surface area is 218 Å². The summed E-state index contributed by atoms with van der Waals surface area (Å²) in [6, 6.07) is 0. The maximum absolute atomic E-state index is 13.5. The van der Waals surface area contributed by atoms with E-state index in [-0.39, 0.29) is 54.1 Å². The fourth-order valence-corrected chi connectivity index (χ4v) is 7.83. The molecular weight excluding hydrogens is 480 g/mol. The van der Waals surface area contributed by atoms with Crippen LogP contribution in [-0.2, 0) is 33.2 Å². The standard InChI is InChI=1S/C28H40O9/c1-14-24(29)20(32-4)12-22(34-14)35-16-9-10-27(2)15(11-16)5-6-17-19(27)8-7-18-23-21(36-25(17)30)13-33-28(23,3)37-26(18)31/h5,7,14,16-17,19-24,26,29,31H,6,8-13H2,1-4H3/b18-7+/t14-,16+,17?,19?,20-,21?,22+,23-,24-,26+,27+,28-/m1/s1. The predicted molar refractivity (Wildman–Crippen MR) is 130 cm³/mol. The molecule has 9 heteroatoms. The van der Waals surface area contributed by atoms with Gasteiger partial charge in [-0.15, -0.1) is 0 Å². The topological polar surface area (TPSA) is 113 Å². The van der Waals surface area contributed by atoms with Crippen LogP contribution in [0.4, 0.5) is 0 Å². The Balaban J connectivity index is 1.21. The van der Waals surface area contributed by atoms with E-state index in [0.717, 1.165) is 24.8 Å². The van der Waals surface area contributed by atoms with E-state index in [9.17, 15) is 15.0 Å². The quantitative estimate of drug-likeness (QED) is 0.428. The van der Waals surface area contributed by atoms with Crippen molar-refractivity contribution >= 4 is 5.97 Å². The lowest BCUT2D eigenvalue weighted by Gasteiger charge is -2.50. The third-order valence-electron chi connectivity index (χ3n) is 10.0. The van der Waals surface area contributed by atoms with Crippen LogP contribution in [0.3, 0.4) is 0 Å². The van der Waals surface area contributed by atoms with Crippen LogP contribution in [0.5, 0.6) is 0 Å². The number of allylic oxidation sites excluding steroid dienone is 2. The number of hydrogen-bond donors (Lipinski definition) is 2. The molecule has 2 N–H and O–H groups in total. The summed E-state index contributed by atoms with van der Waals surface area (Å²) in [5.41, 5.74) is 1.92. The molecule has 6 aliphatic rings. The monoisotopic (exact) mass is 520 g/mol. The highest BCUT2D eigenvalue weighted by atomic mass is 16.8. The SMILES string of the molecule is CO[C@@H]1C[C@H](O[C@H]2CC[C@@]3(C)C(=CCC4C(=O)OC5CO[C@]6(C)O[C@H](O)/C(=C/CC43)[C@H]56)C2)O[C@H](C)[C@H]1O. The second-order valence-electron chi connectivity index (χ2n) is 12.1. The number of carbonyl (C=O) groups excluding carboxylic acids is 1. The van der Waals surface area contributed by atoms with Gasteiger partial charge in [0, 0.05) is 13.5 Å². The highest BCUT2D eigenvalue weighted by molar-refractivity contribution is 5.74. The number of ether oxygens (including phenoxy) is 6. The van der Waals surface area contributed by atoms with Crippen LogP contribution in [0.1, 0.15) is 59.3 Å². The van der Waals surface area contributed by atoms with Crippen LogP contribution in [0.2, 0.25) is 0 Å². The van der Waals surface area contributed by atoms with Gasteiger partial charge in [0.1, 0.15) is 12.2 Å². The number of aliphatic hydroxyl groups excluding tert-OH is 2. The number of aliphatic hydroxyl groups is 2. The van der Waals surface area contributed by atoms with E-state index >= 15 is 0 Å². The molecule has 206 valence electrons. The van der Waals surface area contributed by atoms with Gasteiger partial charge >= 0.3 is 5.97 Å². The Morgan fingerprint density at radius 3 is 2.76 bits per heavy atom. The normalized spacial score (nSPS) is 52.9. The second-order valence-corrected chi connectivity index (χ2v) is 12.1. The zero-order chi connectivity index (χ0) is 26.1. The molecule has 0 aromatic carbocycles. The molecular formula is C28H40O9. The lowest BCUT2D eigenvalue weighted by atomic mass is 9.55. The lowest BCUT2D eigenvalue weighted by Crippen LogP contribution is -2.50. The van der Waals surface area contributed by atoms with Gasteiger partial charge in [-0.3, -0.25) is 4.79 Å². The smallest absolute Gasteiger partial charge is 0.309 e. The Morgan fingerprint density at radius 1 is 1.16 bits per heavy atom. The predicted octanol–water partition coefficient (Wildman–Crippen LogP) is 2.59. The van der Waals surface area contributed by atoms with Crippen molar-refractivity contribution in [3.63, 3.8) is 0 Å². The van der Waals surface area contributed by atoms with Crippen molar-refractivity contribution in [1.29, 1.82) is 0 Å². The minimum atomic E-state index is -1.05. The Hall–Kier alpha value is -1.33. The molecule has 3 unspecified atom stereocenters. The fourth-order valence-electron chi connectivity index (χ4n) is 7.83. The third kappa shape index (κ3) is 4.22. The molecule has 0 spiro atoms. The van der Waals surface area contributed by atoms with E-state index in [1.54, 1.807) is 7.11 Å². The molecule has 2 aliphatic carbocycles. The molecule has 37 heavy (non-hydrogen) atoms. The Kier molecular flexibility index (Phi) is 6.58. The van der Waals surface area contributed by atoms with Crippen molar-refractivity contribution < 1.29 is 43.4 Å². The van der Waals surface area contributed by atoms with Crippen molar-refractivity contribution in [2.45, 2.75) is 108 Å². The van der Waals surface area contributed by atoms with E-state index in [4.69, 9.17) is 28.4 Å². The first-order valence-electron chi connectivity index (χ1n) is 13.7. The minimum absolute atomic E-state index is 0.00438. The number of carbonyl (C=O) groups is 1. The molecule has 4 heterocycles. The van der Waals surface area contributed by atoms with E-state index < -0.39 is 30.6 Å². The Bertz CT molecular complexity index is 979. The van der Waals surface area contributed by atoms with Crippen molar-refractivity contribution in [3.8, 4) is 0 Å². The molecule has 3 saturated heterocycles. The fraction of sp³-hybridized carbons (Fsp3) is 0.821. The molecule has 0 aromatic rings. The van der Waals surface area contributed by atoms with Crippen molar-refractivity contribution in [3.05, 3.63) is 23.3 Å².